The van der Waals surface area contributed by atoms with Crippen LogP contribution in [-0.2, 0) is 13.6 Å². The lowest BCUT2D eigenvalue weighted by Crippen LogP contribution is -2.12. The van der Waals surface area contributed by atoms with Crippen LogP contribution in [0.3, 0.4) is 0 Å². The summed E-state index contributed by atoms with van der Waals surface area (Å²) < 4.78 is 4.69. The van der Waals surface area contributed by atoms with E-state index in [0.717, 1.165) is 21.6 Å². The molecule has 0 amide bonds. The summed E-state index contributed by atoms with van der Waals surface area (Å²) in [5.74, 6) is 0.785. The molecule has 0 unspecified atom stereocenters. The maximum Gasteiger partial charge on any atom is 0.169 e. The Kier molecular flexibility index (Phi) is 3.43. The van der Waals surface area contributed by atoms with Gasteiger partial charge in [-0.15, -0.1) is 5.10 Å². The van der Waals surface area contributed by atoms with Crippen LogP contribution in [0.5, 0.6) is 0 Å². The average molecular weight is 313 g/mol. The molecule has 0 aliphatic heterocycles. The summed E-state index contributed by atoms with van der Waals surface area (Å²) in [5, 5.41) is 12.4. The van der Waals surface area contributed by atoms with Crippen molar-refractivity contribution in [1.29, 1.82) is 0 Å². The van der Waals surface area contributed by atoms with Gasteiger partial charge in [0, 0.05) is 7.05 Å². The highest BCUT2D eigenvalue weighted by atomic mass is 79.9. The van der Waals surface area contributed by atoms with Crippen molar-refractivity contribution < 1.29 is 0 Å². The lowest BCUT2D eigenvalue weighted by Gasteiger charge is -2.10. The fourth-order valence-electron chi connectivity index (χ4n) is 2.04. The number of nitrogens with two attached hydrogens (primary N) is 1. The summed E-state index contributed by atoms with van der Waals surface area (Å²) in [4.78, 5) is 0. The average Bonchev–Trinajstić information content (AvgIpc) is 2.75. The number of anilines is 1. The zero-order chi connectivity index (χ0) is 13.4. The highest BCUT2D eigenvalue weighted by Gasteiger charge is 2.17. The molecule has 0 radical (unpaired) electrons. The van der Waals surface area contributed by atoms with Gasteiger partial charge in [0.15, 0.2) is 5.82 Å². The van der Waals surface area contributed by atoms with Crippen molar-refractivity contribution in [2.75, 3.05) is 5.73 Å². The normalized spacial score (nSPS) is 11.4. The largest absolute Gasteiger partial charge is 0.381 e. The third kappa shape index (κ3) is 2.14. The van der Waals surface area contributed by atoms with E-state index in [1.54, 1.807) is 0 Å². The zero-order valence-electron chi connectivity index (χ0n) is 11.0. The molecule has 7 heteroatoms. The van der Waals surface area contributed by atoms with Crippen molar-refractivity contribution in [3.8, 4) is 0 Å². The highest BCUT2D eigenvalue weighted by molar-refractivity contribution is 9.10. The predicted molar refractivity (Wildman–Crippen MR) is 73.3 cm³/mol. The second-order valence-electron chi connectivity index (χ2n) is 4.64. The van der Waals surface area contributed by atoms with Crippen molar-refractivity contribution in [2.45, 2.75) is 33.2 Å². The summed E-state index contributed by atoms with van der Waals surface area (Å²) in [5.41, 5.74) is 8.83. The number of aryl methyl sites for hydroxylation is 2. The van der Waals surface area contributed by atoms with Gasteiger partial charge in [-0.1, -0.05) is 19.1 Å². The number of rotatable bonds is 3. The Labute approximate surface area is 114 Å². The van der Waals surface area contributed by atoms with Gasteiger partial charge in [-0.05, 0) is 28.8 Å². The summed E-state index contributed by atoms with van der Waals surface area (Å²) in [7, 11) is 1.92. The molecule has 0 atom stereocenters. The van der Waals surface area contributed by atoms with Gasteiger partial charge in [-0.2, -0.15) is 5.10 Å². The molecule has 0 aliphatic rings. The van der Waals surface area contributed by atoms with Crippen molar-refractivity contribution in [1.82, 2.24) is 24.8 Å². The molecule has 0 bridgehead atoms. The van der Waals surface area contributed by atoms with Crippen LogP contribution in [0.2, 0.25) is 0 Å². The number of aromatic nitrogens is 5. The van der Waals surface area contributed by atoms with Crippen LogP contribution >= 0.6 is 15.9 Å². The Bertz CT molecular complexity index is 568. The molecular formula is C11H17BrN6. The first-order chi connectivity index (χ1) is 8.41. The summed E-state index contributed by atoms with van der Waals surface area (Å²) in [6, 6.07) is 0. The van der Waals surface area contributed by atoms with E-state index in [-0.39, 0.29) is 5.92 Å². The maximum atomic E-state index is 5.85. The SMILES string of the molecule is Cc1nn(C)c(Cn2nnc(N)c2C(C)C)c1Br. The molecule has 0 aromatic carbocycles. The monoisotopic (exact) mass is 312 g/mol. The number of hydrogen-bond acceptors (Lipinski definition) is 4. The molecule has 2 N–H and O–H groups in total. The molecule has 0 saturated heterocycles. The molecule has 0 saturated carbocycles. The Morgan fingerprint density at radius 1 is 1.39 bits per heavy atom. The first-order valence-corrected chi connectivity index (χ1v) is 6.58. The van der Waals surface area contributed by atoms with Crippen LogP contribution in [0, 0.1) is 6.92 Å². The fourth-order valence-corrected chi connectivity index (χ4v) is 2.50. The van der Waals surface area contributed by atoms with E-state index in [9.17, 15) is 0 Å². The van der Waals surface area contributed by atoms with Crippen LogP contribution in [-0.4, -0.2) is 24.8 Å². The molecule has 98 valence electrons. The second-order valence-corrected chi connectivity index (χ2v) is 5.43. The lowest BCUT2D eigenvalue weighted by molar-refractivity contribution is 0.564. The number of halogens is 1. The van der Waals surface area contributed by atoms with Crippen LogP contribution in [0.4, 0.5) is 5.82 Å². The van der Waals surface area contributed by atoms with Gasteiger partial charge in [0.2, 0.25) is 0 Å². The second kappa shape index (κ2) is 4.72. The van der Waals surface area contributed by atoms with E-state index in [1.165, 1.54) is 0 Å². The van der Waals surface area contributed by atoms with E-state index in [2.05, 4.69) is 45.2 Å². The van der Waals surface area contributed by atoms with Crippen molar-refractivity contribution in [2.24, 2.45) is 7.05 Å². The zero-order valence-corrected chi connectivity index (χ0v) is 12.6. The van der Waals surface area contributed by atoms with Crippen molar-refractivity contribution in [3.05, 3.63) is 21.6 Å². The standard InChI is InChI=1S/C11H17BrN6/c1-6(2)10-11(13)14-16-18(10)5-8-9(12)7(3)15-17(8)4/h6H,5,13H2,1-4H3. The molecule has 18 heavy (non-hydrogen) atoms. The highest BCUT2D eigenvalue weighted by Crippen LogP contribution is 2.24. The van der Waals surface area contributed by atoms with E-state index < -0.39 is 0 Å². The molecular weight excluding hydrogens is 296 g/mol. The van der Waals surface area contributed by atoms with Gasteiger partial charge in [-0.3, -0.25) is 4.68 Å². The Morgan fingerprint density at radius 3 is 2.56 bits per heavy atom. The summed E-state index contributed by atoms with van der Waals surface area (Å²) >= 11 is 3.55. The molecule has 2 heterocycles. The van der Waals surface area contributed by atoms with Crippen molar-refractivity contribution >= 4 is 21.7 Å². The molecule has 0 fully saturated rings. The minimum atomic E-state index is 0.285. The van der Waals surface area contributed by atoms with Gasteiger partial charge in [-0.25, -0.2) is 4.68 Å². The molecule has 6 nitrogen and oxygen atoms in total. The summed E-state index contributed by atoms with van der Waals surface area (Å²) in [6.07, 6.45) is 0. The smallest absolute Gasteiger partial charge is 0.169 e. The first-order valence-electron chi connectivity index (χ1n) is 5.78. The molecule has 2 rings (SSSR count). The number of nitrogen functional groups attached to an aromatic ring is 1. The van der Waals surface area contributed by atoms with Crippen LogP contribution in [0.25, 0.3) is 0 Å². The summed E-state index contributed by atoms with van der Waals surface area (Å²) in [6.45, 7) is 6.73. The van der Waals surface area contributed by atoms with Gasteiger partial charge in [0.05, 0.1) is 28.1 Å². The van der Waals surface area contributed by atoms with Gasteiger partial charge in [0.1, 0.15) is 0 Å². The van der Waals surface area contributed by atoms with Gasteiger partial charge >= 0.3 is 0 Å². The first kappa shape index (κ1) is 13.1. The molecule has 0 aliphatic carbocycles. The van der Waals surface area contributed by atoms with Gasteiger partial charge in [0.25, 0.3) is 0 Å². The third-order valence-corrected chi connectivity index (χ3v) is 3.94. The Balaban J connectivity index is 2.40. The van der Waals surface area contributed by atoms with Crippen LogP contribution in [0.1, 0.15) is 36.8 Å². The molecule has 2 aromatic rings. The van der Waals surface area contributed by atoms with E-state index >= 15 is 0 Å². The lowest BCUT2D eigenvalue weighted by atomic mass is 10.1. The van der Waals surface area contributed by atoms with Crippen LogP contribution in [0.15, 0.2) is 4.47 Å². The number of nitrogens with zero attached hydrogens (tertiary/aromatic N) is 5. The van der Waals surface area contributed by atoms with E-state index in [1.807, 2.05) is 23.3 Å². The maximum absolute atomic E-state index is 5.85. The third-order valence-electron chi connectivity index (χ3n) is 2.91. The Hall–Kier alpha value is -1.37. The van der Waals surface area contributed by atoms with Gasteiger partial charge < -0.3 is 5.73 Å². The molecule has 2 aromatic heterocycles. The minimum absolute atomic E-state index is 0.285. The minimum Gasteiger partial charge on any atom is -0.381 e. The van der Waals surface area contributed by atoms with E-state index in [4.69, 9.17) is 5.73 Å². The molecule has 0 spiro atoms. The topological polar surface area (TPSA) is 74.5 Å². The fraction of sp³-hybridized carbons (Fsp3) is 0.545. The predicted octanol–water partition coefficient (Wildman–Crippen LogP) is 1.84. The number of hydrogen-bond donors (Lipinski definition) is 1. The van der Waals surface area contributed by atoms with E-state index in [0.29, 0.717) is 12.4 Å². The van der Waals surface area contributed by atoms with Crippen LogP contribution < -0.4 is 5.73 Å². The van der Waals surface area contributed by atoms with Crippen molar-refractivity contribution in [3.63, 3.8) is 0 Å². The Morgan fingerprint density at radius 2 is 2.06 bits per heavy atom. The quantitative estimate of drug-likeness (QED) is 0.938.